The van der Waals surface area contributed by atoms with Crippen molar-refractivity contribution in [2.24, 2.45) is 0 Å². The molecule has 5 heteroatoms. The second-order valence-corrected chi connectivity index (χ2v) is 9.22. The van der Waals surface area contributed by atoms with E-state index in [1.54, 1.807) is 4.90 Å². The Morgan fingerprint density at radius 2 is 1.55 bits per heavy atom. The zero-order valence-electron chi connectivity index (χ0n) is 17.2. The summed E-state index contributed by atoms with van der Waals surface area (Å²) in [4.78, 5) is 15.3. The highest BCUT2D eigenvalue weighted by Crippen LogP contribution is 2.37. The van der Waals surface area contributed by atoms with Crippen LogP contribution in [0.2, 0.25) is 0 Å². The number of fused-ring (bicyclic) bond motifs is 1. The van der Waals surface area contributed by atoms with Gasteiger partial charge in [-0.3, -0.25) is 9.69 Å². The number of benzene rings is 3. The van der Waals surface area contributed by atoms with Gasteiger partial charge in [-0.1, -0.05) is 72.5 Å². The van der Waals surface area contributed by atoms with Crippen molar-refractivity contribution < 1.29 is 4.79 Å². The lowest BCUT2D eigenvalue weighted by molar-refractivity contribution is -0.113. The summed E-state index contributed by atoms with van der Waals surface area (Å²) < 4.78 is 2.79. The third-order valence-corrected chi connectivity index (χ3v) is 6.86. The van der Waals surface area contributed by atoms with Crippen molar-refractivity contribution in [2.45, 2.75) is 13.8 Å². The number of carbonyl (C=O) groups is 1. The van der Waals surface area contributed by atoms with Gasteiger partial charge in [0, 0.05) is 17.1 Å². The summed E-state index contributed by atoms with van der Waals surface area (Å²) in [6.07, 6.45) is 1.96. The van der Waals surface area contributed by atoms with Crippen LogP contribution in [-0.4, -0.2) is 14.8 Å². The van der Waals surface area contributed by atoms with Gasteiger partial charge < -0.3 is 4.57 Å². The summed E-state index contributed by atoms with van der Waals surface area (Å²) in [7, 11) is 0. The van der Waals surface area contributed by atoms with Crippen LogP contribution in [-0.2, 0) is 4.79 Å². The molecule has 5 rings (SSSR count). The molecule has 1 saturated heterocycles. The summed E-state index contributed by atoms with van der Waals surface area (Å²) >= 11 is 6.85. The van der Waals surface area contributed by atoms with E-state index in [0.717, 1.165) is 28.3 Å². The Balaban J connectivity index is 1.53. The largest absolute Gasteiger partial charge is 0.318 e. The molecule has 0 atom stereocenters. The predicted octanol–water partition coefficient (Wildman–Crippen LogP) is 6.65. The van der Waals surface area contributed by atoms with Crippen LogP contribution in [0, 0.1) is 13.8 Å². The molecule has 1 aliphatic rings. The first-order chi connectivity index (χ1) is 15.0. The highest BCUT2D eigenvalue weighted by Gasteiger charge is 2.33. The summed E-state index contributed by atoms with van der Waals surface area (Å²) in [5.74, 6) is -0.0725. The van der Waals surface area contributed by atoms with Crippen LogP contribution in [0.4, 0.5) is 5.69 Å². The molecule has 0 N–H and O–H groups in total. The van der Waals surface area contributed by atoms with Crippen molar-refractivity contribution in [3.05, 3.63) is 101 Å². The van der Waals surface area contributed by atoms with Crippen LogP contribution >= 0.6 is 24.0 Å². The third kappa shape index (κ3) is 3.50. The van der Waals surface area contributed by atoms with Gasteiger partial charge in [-0.05, 0) is 66.6 Å². The second-order valence-electron chi connectivity index (χ2n) is 7.55. The topological polar surface area (TPSA) is 25.2 Å². The van der Waals surface area contributed by atoms with Crippen molar-refractivity contribution in [1.29, 1.82) is 0 Å². The van der Waals surface area contributed by atoms with E-state index in [2.05, 4.69) is 66.9 Å². The fourth-order valence-electron chi connectivity index (χ4n) is 4.06. The van der Waals surface area contributed by atoms with Crippen LogP contribution in [0.3, 0.4) is 0 Å². The normalized spacial score (nSPS) is 15.4. The number of aromatic nitrogens is 1. The Bertz CT molecular complexity index is 1370. The molecule has 2 heterocycles. The molecular formula is C26H20N2OS2. The van der Waals surface area contributed by atoms with E-state index in [9.17, 15) is 4.79 Å². The number of rotatable bonds is 3. The van der Waals surface area contributed by atoms with Crippen molar-refractivity contribution >= 4 is 56.7 Å². The number of nitrogens with zero attached hydrogens (tertiary/aromatic N) is 2. The van der Waals surface area contributed by atoms with E-state index in [-0.39, 0.29) is 5.91 Å². The minimum atomic E-state index is -0.0725. The molecule has 0 spiro atoms. The van der Waals surface area contributed by atoms with E-state index < -0.39 is 0 Å². The fourth-order valence-corrected chi connectivity index (χ4v) is 5.35. The predicted molar refractivity (Wildman–Crippen MR) is 135 cm³/mol. The van der Waals surface area contributed by atoms with Gasteiger partial charge in [0.05, 0.1) is 10.6 Å². The molecule has 1 fully saturated rings. The zero-order chi connectivity index (χ0) is 21.5. The molecule has 0 bridgehead atoms. The number of anilines is 1. The Labute approximate surface area is 191 Å². The Kier molecular flexibility index (Phi) is 5.00. The highest BCUT2D eigenvalue weighted by atomic mass is 32.2. The number of thiocarbonyl (C=S) groups is 1. The summed E-state index contributed by atoms with van der Waals surface area (Å²) in [5.41, 5.74) is 5.16. The van der Waals surface area contributed by atoms with Crippen molar-refractivity contribution in [2.75, 3.05) is 4.90 Å². The average Bonchev–Trinajstić information content (AvgIpc) is 3.22. The summed E-state index contributed by atoms with van der Waals surface area (Å²) in [6, 6.07) is 26.5. The number of para-hydroxylation sites is 1. The molecule has 0 radical (unpaired) electrons. The Hall–Kier alpha value is -3.15. The number of amides is 1. The van der Waals surface area contributed by atoms with E-state index in [1.165, 1.54) is 22.5 Å². The number of hydrogen-bond acceptors (Lipinski definition) is 3. The molecule has 1 amide bonds. The first kappa shape index (κ1) is 19.8. The average molecular weight is 441 g/mol. The van der Waals surface area contributed by atoms with Gasteiger partial charge in [0.25, 0.3) is 5.91 Å². The fraction of sp³-hybridized carbons (Fsp3) is 0.0769. The minimum absolute atomic E-state index is 0.0725. The standard InChI is InChI=1S/C26H20N2OS2/c1-17-14-21(16-24-25(29)28(26(30)31-24)22-10-4-3-5-11-22)18(2)27(17)23-13-12-19-8-6-7-9-20(19)15-23/h3-16H,1-2H3/b24-16+. The Morgan fingerprint density at radius 3 is 2.32 bits per heavy atom. The highest BCUT2D eigenvalue weighted by molar-refractivity contribution is 8.27. The number of hydrogen-bond donors (Lipinski definition) is 0. The smallest absolute Gasteiger partial charge is 0.270 e. The third-order valence-electron chi connectivity index (χ3n) is 5.56. The van der Waals surface area contributed by atoms with Crippen molar-refractivity contribution in [3.63, 3.8) is 0 Å². The minimum Gasteiger partial charge on any atom is -0.318 e. The number of carbonyl (C=O) groups excluding carboxylic acids is 1. The summed E-state index contributed by atoms with van der Waals surface area (Å²) in [6.45, 7) is 4.18. The summed E-state index contributed by atoms with van der Waals surface area (Å²) in [5, 5.41) is 2.43. The lowest BCUT2D eigenvalue weighted by atomic mass is 10.1. The van der Waals surface area contributed by atoms with Crippen molar-refractivity contribution in [3.8, 4) is 5.69 Å². The molecule has 3 aromatic carbocycles. The van der Waals surface area contributed by atoms with Gasteiger partial charge in [0.2, 0.25) is 0 Å². The first-order valence-electron chi connectivity index (χ1n) is 10.0. The first-order valence-corrected chi connectivity index (χ1v) is 11.3. The maximum absolute atomic E-state index is 13.1. The zero-order valence-corrected chi connectivity index (χ0v) is 18.8. The van der Waals surface area contributed by atoms with Crippen molar-refractivity contribution in [1.82, 2.24) is 4.57 Å². The molecule has 0 aliphatic carbocycles. The molecule has 31 heavy (non-hydrogen) atoms. The Morgan fingerprint density at radius 1 is 0.839 bits per heavy atom. The maximum Gasteiger partial charge on any atom is 0.270 e. The van der Waals surface area contributed by atoms with Gasteiger partial charge in [-0.15, -0.1) is 0 Å². The van der Waals surface area contributed by atoms with Gasteiger partial charge in [0.15, 0.2) is 4.32 Å². The molecule has 0 unspecified atom stereocenters. The molecule has 3 nitrogen and oxygen atoms in total. The van der Waals surface area contributed by atoms with Gasteiger partial charge >= 0.3 is 0 Å². The van der Waals surface area contributed by atoms with Crippen LogP contribution < -0.4 is 4.90 Å². The van der Waals surface area contributed by atoms with Crippen LogP contribution in [0.25, 0.3) is 22.5 Å². The van der Waals surface area contributed by atoms with E-state index in [1.807, 2.05) is 36.4 Å². The molecule has 1 aliphatic heterocycles. The van der Waals surface area contributed by atoms with Crippen LogP contribution in [0.15, 0.2) is 83.8 Å². The number of aryl methyl sites for hydroxylation is 1. The molecule has 0 saturated carbocycles. The van der Waals surface area contributed by atoms with Gasteiger partial charge in [-0.25, -0.2) is 0 Å². The second kappa shape index (κ2) is 7.84. The molecule has 4 aromatic rings. The van der Waals surface area contributed by atoms with Crippen LogP contribution in [0.1, 0.15) is 17.0 Å². The quantitative estimate of drug-likeness (QED) is 0.263. The molecule has 152 valence electrons. The molecular weight excluding hydrogens is 420 g/mol. The monoisotopic (exact) mass is 440 g/mol. The van der Waals surface area contributed by atoms with E-state index in [0.29, 0.717) is 9.23 Å². The lowest BCUT2D eigenvalue weighted by Crippen LogP contribution is -2.27. The van der Waals surface area contributed by atoms with Crippen LogP contribution in [0.5, 0.6) is 0 Å². The molecule has 1 aromatic heterocycles. The lowest BCUT2D eigenvalue weighted by Gasteiger charge is -2.13. The number of thioether (sulfide) groups is 1. The van der Waals surface area contributed by atoms with E-state index >= 15 is 0 Å². The van der Waals surface area contributed by atoms with E-state index in [4.69, 9.17) is 12.2 Å². The van der Waals surface area contributed by atoms with Gasteiger partial charge in [0.1, 0.15) is 0 Å². The van der Waals surface area contributed by atoms with Gasteiger partial charge in [-0.2, -0.15) is 0 Å². The SMILES string of the molecule is Cc1cc(/C=C2/SC(=S)N(c3ccccc3)C2=O)c(C)n1-c1ccc2ccccc2c1. The maximum atomic E-state index is 13.1.